The van der Waals surface area contributed by atoms with Crippen LogP contribution < -0.4 is 0 Å². The lowest BCUT2D eigenvalue weighted by atomic mass is 9.92. The number of hydrogen-bond donors (Lipinski definition) is 0. The van der Waals surface area contributed by atoms with Gasteiger partial charge in [0.25, 0.3) is 0 Å². The van der Waals surface area contributed by atoms with Crippen molar-refractivity contribution in [2.75, 3.05) is 6.61 Å². The predicted octanol–water partition coefficient (Wildman–Crippen LogP) is 4.26. The first kappa shape index (κ1) is 18.6. The zero-order valence-corrected chi connectivity index (χ0v) is 14.8. The summed E-state index contributed by atoms with van der Waals surface area (Å²) in [5, 5.41) is 7.90. The van der Waals surface area contributed by atoms with Gasteiger partial charge in [0.05, 0.1) is 17.2 Å². The van der Waals surface area contributed by atoms with Gasteiger partial charge in [-0.2, -0.15) is 23.3 Å². The molecule has 1 fully saturated rings. The fraction of sp³-hybridized carbons (Fsp3) is 0.389. The second kappa shape index (κ2) is 7.01. The lowest BCUT2D eigenvalue weighted by molar-refractivity contribution is -0.137. The van der Waals surface area contributed by atoms with Crippen molar-refractivity contribution in [3.63, 3.8) is 0 Å². The second-order valence-electron chi connectivity index (χ2n) is 6.60. The second-order valence-corrected chi connectivity index (χ2v) is 6.60. The van der Waals surface area contributed by atoms with E-state index in [2.05, 4.69) is 15.2 Å². The number of benzene rings is 1. The van der Waals surface area contributed by atoms with Crippen LogP contribution >= 0.6 is 0 Å². The molecular formula is C18H16F4N4O2. The Balaban J connectivity index is 1.67. The molecule has 10 heteroatoms. The highest BCUT2D eigenvalue weighted by molar-refractivity contribution is 5.56. The van der Waals surface area contributed by atoms with E-state index in [0.717, 1.165) is 24.2 Å². The van der Waals surface area contributed by atoms with E-state index in [0.29, 0.717) is 19.1 Å². The van der Waals surface area contributed by atoms with Gasteiger partial charge in [-0.1, -0.05) is 5.16 Å². The molecule has 148 valence electrons. The van der Waals surface area contributed by atoms with Gasteiger partial charge >= 0.3 is 6.18 Å². The SMILES string of the molecule is Cn1nccc1[C@@H]1OCCC[C@H]1c1nc(-c2cc(F)cc(C(F)(F)F)c2)no1. The molecule has 0 radical (unpaired) electrons. The molecule has 0 aliphatic carbocycles. The van der Waals surface area contributed by atoms with E-state index in [1.54, 1.807) is 17.9 Å². The van der Waals surface area contributed by atoms with E-state index in [1.807, 2.05) is 6.07 Å². The number of alkyl halides is 3. The average molecular weight is 396 g/mol. The van der Waals surface area contributed by atoms with Crippen molar-refractivity contribution < 1.29 is 26.8 Å². The number of nitrogens with zero attached hydrogens (tertiary/aromatic N) is 4. The van der Waals surface area contributed by atoms with Crippen molar-refractivity contribution in [3.05, 3.63) is 53.4 Å². The number of aryl methyl sites for hydroxylation is 1. The van der Waals surface area contributed by atoms with Gasteiger partial charge in [-0.05, 0) is 37.1 Å². The number of rotatable bonds is 3. The summed E-state index contributed by atoms with van der Waals surface area (Å²) in [6.45, 7) is 0.562. The van der Waals surface area contributed by atoms with Gasteiger partial charge in [-0.15, -0.1) is 0 Å². The Morgan fingerprint density at radius 1 is 1.21 bits per heavy atom. The molecule has 3 heterocycles. The fourth-order valence-corrected chi connectivity index (χ4v) is 3.37. The Morgan fingerprint density at radius 3 is 2.75 bits per heavy atom. The molecule has 1 aliphatic heterocycles. The molecule has 0 bridgehead atoms. The Morgan fingerprint density at radius 2 is 2.04 bits per heavy atom. The summed E-state index contributed by atoms with van der Waals surface area (Å²) in [7, 11) is 1.79. The minimum atomic E-state index is -4.68. The normalized spacial score (nSPS) is 20.5. The van der Waals surface area contributed by atoms with Gasteiger partial charge in [0.1, 0.15) is 11.9 Å². The molecule has 1 saturated heterocycles. The van der Waals surface area contributed by atoms with E-state index < -0.39 is 17.6 Å². The largest absolute Gasteiger partial charge is 0.416 e. The van der Waals surface area contributed by atoms with Crippen LogP contribution in [0.25, 0.3) is 11.4 Å². The van der Waals surface area contributed by atoms with Crippen LogP contribution in [0.1, 0.15) is 42.0 Å². The molecular weight excluding hydrogens is 380 g/mol. The van der Waals surface area contributed by atoms with Crippen LogP contribution in [0.4, 0.5) is 17.6 Å². The van der Waals surface area contributed by atoms with Gasteiger partial charge in [-0.3, -0.25) is 4.68 Å². The maximum Gasteiger partial charge on any atom is 0.416 e. The molecule has 6 nitrogen and oxygen atoms in total. The molecule has 2 atom stereocenters. The summed E-state index contributed by atoms with van der Waals surface area (Å²) in [4.78, 5) is 4.24. The topological polar surface area (TPSA) is 66.0 Å². The monoisotopic (exact) mass is 396 g/mol. The van der Waals surface area contributed by atoms with Crippen LogP contribution in [-0.4, -0.2) is 26.5 Å². The predicted molar refractivity (Wildman–Crippen MR) is 88.6 cm³/mol. The molecule has 2 aromatic heterocycles. The van der Waals surface area contributed by atoms with Crippen molar-refractivity contribution in [1.82, 2.24) is 19.9 Å². The van der Waals surface area contributed by atoms with Gasteiger partial charge < -0.3 is 9.26 Å². The van der Waals surface area contributed by atoms with Gasteiger partial charge in [-0.25, -0.2) is 4.39 Å². The van der Waals surface area contributed by atoms with Gasteiger partial charge in [0, 0.05) is 25.4 Å². The smallest absolute Gasteiger partial charge is 0.371 e. The molecule has 28 heavy (non-hydrogen) atoms. The van der Waals surface area contributed by atoms with Crippen LogP contribution in [-0.2, 0) is 18.0 Å². The number of hydrogen-bond acceptors (Lipinski definition) is 5. The van der Waals surface area contributed by atoms with Crippen molar-refractivity contribution in [3.8, 4) is 11.4 Å². The van der Waals surface area contributed by atoms with Crippen LogP contribution in [0.15, 0.2) is 35.0 Å². The van der Waals surface area contributed by atoms with E-state index in [1.165, 1.54) is 0 Å². The summed E-state index contributed by atoms with van der Waals surface area (Å²) >= 11 is 0. The van der Waals surface area contributed by atoms with E-state index in [-0.39, 0.29) is 29.3 Å². The van der Waals surface area contributed by atoms with Crippen molar-refractivity contribution in [2.45, 2.75) is 31.0 Å². The van der Waals surface area contributed by atoms with E-state index in [4.69, 9.17) is 9.26 Å². The summed E-state index contributed by atoms with van der Waals surface area (Å²) in [5.74, 6) is -1.17. The van der Waals surface area contributed by atoms with Crippen LogP contribution in [0.2, 0.25) is 0 Å². The molecule has 1 aliphatic rings. The maximum atomic E-state index is 13.7. The minimum absolute atomic E-state index is 0.101. The van der Waals surface area contributed by atoms with Crippen LogP contribution in [0, 0.1) is 5.82 Å². The van der Waals surface area contributed by atoms with Crippen LogP contribution in [0.5, 0.6) is 0 Å². The first-order chi connectivity index (χ1) is 13.3. The summed E-state index contributed by atoms with van der Waals surface area (Å²) in [5.41, 5.74) is -0.381. The number of aromatic nitrogens is 4. The van der Waals surface area contributed by atoms with Crippen molar-refractivity contribution in [2.24, 2.45) is 7.05 Å². The highest BCUT2D eigenvalue weighted by Gasteiger charge is 2.35. The highest BCUT2D eigenvalue weighted by atomic mass is 19.4. The standard InChI is InChI=1S/C18H16F4N4O2/c1-26-14(4-5-23-26)15-13(3-2-6-27-15)17-24-16(25-28-17)10-7-11(18(20,21)22)9-12(19)8-10/h4-5,7-9,13,15H,2-3,6H2,1H3/t13-,15-/m1/s1. The third kappa shape index (κ3) is 3.51. The Bertz CT molecular complexity index is 982. The van der Waals surface area contributed by atoms with E-state index in [9.17, 15) is 17.6 Å². The van der Waals surface area contributed by atoms with Gasteiger partial charge in [0.15, 0.2) is 0 Å². The molecule has 4 rings (SSSR count). The molecule has 0 spiro atoms. The molecule has 0 N–H and O–H groups in total. The van der Waals surface area contributed by atoms with Crippen LogP contribution in [0.3, 0.4) is 0 Å². The Hall–Kier alpha value is -2.75. The number of ether oxygens (including phenoxy) is 1. The maximum absolute atomic E-state index is 13.7. The molecule has 0 amide bonds. The number of halogens is 4. The fourth-order valence-electron chi connectivity index (χ4n) is 3.37. The van der Waals surface area contributed by atoms with Gasteiger partial charge in [0.2, 0.25) is 11.7 Å². The molecule has 0 saturated carbocycles. The molecule has 0 unspecified atom stereocenters. The zero-order valence-electron chi connectivity index (χ0n) is 14.8. The quantitative estimate of drug-likeness (QED) is 0.619. The van der Waals surface area contributed by atoms with Crippen molar-refractivity contribution in [1.29, 1.82) is 0 Å². The third-order valence-electron chi connectivity index (χ3n) is 4.71. The lowest BCUT2D eigenvalue weighted by Crippen LogP contribution is -2.23. The molecule has 3 aromatic rings. The molecule has 1 aromatic carbocycles. The lowest BCUT2D eigenvalue weighted by Gasteiger charge is -2.29. The summed E-state index contributed by atoms with van der Waals surface area (Å²) in [6.07, 6.45) is -1.92. The van der Waals surface area contributed by atoms with E-state index >= 15 is 0 Å². The minimum Gasteiger partial charge on any atom is -0.371 e. The first-order valence-corrected chi connectivity index (χ1v) is 8.64. The summed E-state index contributed by atoms with van der Waals surface area (Å²) < 4.78 is 65.4. The first-order valence-electron chi connectivity index (χ1n) is 8.64. The highest BCUT2D eigenvalue weighted by Crippen LogP contribution is 2.40. The Labute approximate surface area is 157 Å². The van der Waals surface area contributed by atoms with Crippen molar-refractivity contribution >= 4 is 0 Å². The summed E-state index contributed by atoms with van der Waals surface area (Å²) in [6, 6.07) is 3.99. The zero-order chi connectivity index (χ0) is 19.9. The third-order valence-corrected chi connectivity index (χ3v) is 4.71. The average Bonchev–Trinajstić information content (AvgIpc) is 3.29. The Kier molecular flexibility index (Phi) is 4.66.